The Labute approximate surface area is 109 Å². The zero-order valence-corrected chi connectivity index (χ0v) is 11.0. The highest BCUT2D eigenvalue weighted by Crippen LogP contribution is 2.10. The van der Waals surface area contributed by atoms with Gasteiger partial charge in [-0.1, -0.05) is 0 Å². The molecule has 3 amide bonds. The van der Waals surface area contributed by atoms with Crippen LogP contribution in [0.1, 0.15) is 17.1 Å². The molecule has 0 saturated carbocycles. The second kappa shape index (κ2) is 5.81. The molecule has 7 heteroatoms. The number of urea groups is 1. The third-order valence-corrected chi connectivity index (χ3v) is 3.65. The fourth-order valence-corrected chi connectivity index (χ4v) is 2.52. The van der Waals surface area contributed by atoms with Gasteiger partial charge in [0.15, 0.2) is 0 Å². The van der Waals surface area contributed by atoms with E-state index in [-0.39, 0.29) is 11.9 Å². The van der Waals surface area contributed by atoms with E-state index in [9.17, 15) is 9.59 Å². The number of carbonyl (C=O) groups is 2. The minimum atomic E-state index is -0.445. The first-order chi connectivity index (χ1) is 8.65. The fourth-order valence-electron chi connectivity index (χ4n) is 1.71. The van der Waals surface area contributed by atoms with Crippen molar-refractivity contribution in [1.29, 1.82) is 0 Å². The molecule has 1 saturated heterocycles. The van der Waals surface area contributed by atoms with Gasteiger partial charge in [-0.3, -0.25) is 4.79 Å². The molecule has 0 spiro atoms. The normalized spacial score (nSPS) is 18.3. The van der Waals surface area contributed by atoms with Gasteiger partial charge in [0, 0.05) is 30.6 Å². The number of thiazole rings is 1. The Bertz CT molecular complexity index is 446. The van der Waals surface area contributed by atoms with Crippen molar-refractivity contribution in [2.24, 2.45) is 0 Å². The Balaban J connectivity index is 1.63. The van der Waals surface area contributed by atoms with Crippen molar-refractivity contribution in [3.63, 3.8) is 0 Å². The molecule has 0 aromatic carbocycles. The monoisotopic (exact) mass is 268 g/mol. The van der Waals surface area contributed by atoms with Gasteiger partial charge in [0.2, 0.25) is 5.91 Å². The lowest BCUT2D eigenvalue weighted by atomic mass is 10.2. The maximum atomic E-state index is 11.6. The van der Waals surface area contributed by atoms with E-state index in [2.05, 4.69) is 20.9 Å². The van der Waals surface area contributed by atoms with Gasteiger partial charge in [-0.2, -0.15) is 0 Å². The molecule has 0 bridgehead atoms. The summed E-state index contributed by atoms with van der Waals surface area (Å²) in [5.41, 5.74) is 1.04. The number of aryl methyl sites for hydroxylation is 2. The average molecular weight is 268 g/mol. The molecule has 1 aromatic rings. The van der Waals surface area contributed by atoms with E-state index in [0.717, 1.165) is 23.5 Å². The number of carbonyl (C=O) groups excluding carboxylic acids is 2. The molecule has 0 radical (unpaired) electrons. The molecular weight excluding hydrogens is 252 g/mol. The molecule has 2 heterocycles. The summed E-state index contributed by atoms with van der Waals surface area (Å²) in [5, 5.41) is 11.0. The van der Waals surface area contributed by atoms with Crippen molar-refractivity contribution in [3.05, 3.63) is 16.1 Å². The minimum absolute atomic E-state index is 0.135. The molecule has 1 aliphatic rings. The van der Waals surface area contributed by atoms with Crippen LogP contribution in [-0.2, 0) is 11.2 Å². The summed E-state index contributed by atoms with van der Waals surface area (Å²) in [4.78, 5) is 26.8. The van der Waals surface area contributed by atoms with E-state index in [0.29, 0.717) is 13.1 Å². The standard InChI is InChI=1S/C11H16N4O2S/c1-7-6-18-9(14-7)3-2-4-12-10(16)8-5-13-11(17)15-8/h6,8H,2-5H2,1H3,(H,12,16)(H2,13,15,17). The number of amides is 3. The van der Waals surface area contributed by atoms with Crippen LogP contribution in [0, 0.1) is 6.92 Å². The van der Waals surface area contributed by atoms with Crippen LogP contribution in [0.4, 0.5) is 4.79 Å². The summed E-state index contributed by atoms with van der Waals surface area (Å²) in [6.07, 6.45) is 1.72. The molecule has 1 aromatic heterocycles. The van der Waals surface area contributed by atoms with Gasteiger partial charge in [-0.05, 0) is 13.3 Å². The maximum Gasteiger partial charge on any atom is 0.315 e. The van der Waals surface area contributed by atoms with Gasteiger partial charge in [-0.25, -0.2) is 9.78 Å². The Kier molecular flexibility index (Phi) is 4.14. The zero-order valence-electron chi connectivity index (χ0n) is 10.2. The second-order valence-corrected chi connectivity index (χ2v) is 5.13. The van der Waals surface area contributed by atoms with Gasteiger partial charge in [0.05, 0.1) is 5.01 Å². The van der Waals surface area contributed by atoms with E-state index in [1.54, 1.807) is 11.3 Å². The van der Waals surface area contributed by atoms with Gasteiger partial charge < -0.3 is 16.0 Å². The Morgan fingerprint density at radius 2 is 2.50 bits per heavy atom. The number of rotatable bonds is 5. The van der Waals surface area contributed by atoms with Crippen LogP contribution in [0.15, 0.2) is 5.38 Å². The van der Waals surface area contributed by atoms with E-state index in [1.807, 2.05) is 12.3 Å². The lowest BCUT2D eigenvalue weighted by Crippen LogP contribution is -2.43. The molecule has 0 aliphatic carbocycles. The molecule has 18 heavy (non-hydrogen) atoms. The van der Waals surface area contributed by atoms with Crippen molar-refractivity contribution < 1.29 is 9.59 Å². The van der Waals surface area contributed by atoms with Crippen molar-refractivity contribution >= 4 is 23.3 Å². The fraction of sp³-hybridized carbons (Fsp3) is 0.545. The Hall–Kier alpha value is -1.63. The highest BCUT2D eigenvalue weighted by molar-refractivity contribution is 7.09. The van der Waals surface area contributed by atoms with Crippen molar-refractivity contribution in [3.8, 4) is 0 Å². The highest BCUT2D eigenvalue weighted by Gasteiger charge is 2.25. The lowest BCUT2D eigenvalue weighted by Gasteiger charge is -2.09. The van der Waals surface area contributed by atoms with Crippen molar-refractivity contribution in [2.45, 2.75) is 25.8 Å². The summed E-state index contributed by atoms with van der Waals surface area (Å²) in [5.74, 6) is -0.135. The molecule has 98 valence electrons. The molecule has 2 rings (SSSR count). The first-order valence-corrected chi connectivity index (χ1v) is 6.76. The van der Waals surface area contributed by atoms with Crippen molar-refractivity contribution in [1.82, 2.24) is 20.9 Å². The molecule has 3 N–H and O–H groups in total. The van der Waals surface area contributed by atoms with E-state index < -0.39 is 6.04 Å². The molecular formula is C11H16N4O2S. The summed E-state index contributed by atoms with van der Waals surface area (Å²) < 4.78 is 0. The van der Waals surface area contributed by atoms with Crippen LogP contribution >= 0.6 is 11.3 Å². The first kappa shape index (κ1) is 12.8. The predicted octanol–water partition coefficient (Wildman–Crippen LogP) is 0.182. The largest absolute Gasteiger partial charge is 0.354 e. The Morgan fingerprint density at radius 1 is 1.67 bits per heavy atom. The second-order valence-electron chi connectivity index (χ2n) is 4.18. The van der Waals surface area contributed by atoms with Crippen LogP contribution < -0.4 is 16.0 Å². The number of nitrogens with zero attached hydrogens (tertiary/aromatic N) is 1. The van der Waals surface area contributed by atoms with Crippen LogP contribution in [-0.4, -0.2) is 36.1 Å². The number of nitrogens with one attached hydrogen (secondary N) is 3. The minimum Gasteiger partial charge on any atom is -0.354 e. The van der Waals surface area contributed by atoms with E-state index in [4.69, 9.17) is 0 Å². The van der Waals surface area contributed by atoms with Gasteiger partial charge >= 0.3 is 6.03 Å². The number of aromatic nitrogens is 1. The third kappa shape index (κ3) is 3.43. The highest BCUT2D eigenvalue weighted by atomic mass is 32.1. The summed E-state index contributed by atoms with van der Waals surface area (Å²) >= 11 is 1.64. The number of hydrogen-bond donors (Lipinski definition) is 3. The summed E-state index contributed by atoms with van der Waals surface area (Å²) in [6, 6.07) is -0.729. The molecule has 6 nitrogen and oxygen atoms in total. The van der Waals surface area contributed by atoms with Gasteiger partial charge in [0.1, 0.15) is 6.04 Å². The first-order valence-electron chi connectivity index (χ1n) is 5.88. The van der Waals surface area contributed by atoms with Gasteiger partial charge in [0.25, 0.3) is 0 Å². The number of hydrogen-bond acceptors (Lipinski definition) is 4. The molecule has 1 aliphatic heterocycles. The van der Waals surface area contributed by atoms with Crippen LogP contribution in [0.5, 0.6) is 0 Å². The quantitative estimate of drug-likeness (QED) is 0.666. The van der Waals surface area contributed by atoms with Crippen LogP contribution in [0.25, 0.3) is 0 Å². The average Bonchev–Trinajstić information content (AvgIpc) is 2.93. The third-order valence-electron chi connectivity index (χ3n) is 2.62. The smallest absolute Gasteiger partial charge is 0.315 e. The van der Waals surface area contributed by atoms with Crippen molar-refractivity contribution in [2.75, 3.05) is 13.1 Å². The molecule has 1 unspecified atom stereocenters. The predicted molar refractivity (Wildman–Crippen MR) is 68.5 cm³/mol. The molecule has 1 atom stereocenters. The lowest BCUT2D eigenvalue weighted by molar-refractivity contribution is -0.122. The van der Waals surface area contributed by atoms with Crippen LogP contribution in [0.2, 0.25) is 0 Å². The maximum absolute atomic E-state index is 11.6. The SMILES string of the molecule is Cc1csc(CCCNC(=O)C2CNC(=O)N2)n1. The Morgan fingerprint density at radius 3 is 3.11 bits per heavy atom. The van der Waals surface area contributed by atoms with Crippen LogP contribution in [0.3, 0.4) is 0 Å². The van der Waals surface area contributed by atoms with E-state index >= 15 is 0 Å². The molecule has 1 fully saturated rings. The zero-order chi connectivity index (χ0) is 13.0. The topological polar surface area (TPSA) is 83.1 Å². The summed E-state index contributed by atoms with van der Waals surface area (Å²) in [6.45, 7) is 2.93. The summed E-state index contributed by atoms with van der Waals surface area (Å²) in [7, 11) is 0. The van der Waals surface area contributed by atoms with Gasteiger partial charge in [-0.15, -0.1) is 11.3 Å². The van der Waals surface area contributed by atoms with E-state index in [1.165, 1.54) is 0 Å².